The van der Waals surface area contributed by atoms with Crippen LogP contribution in [0.4, 0.5) is 0 Å². The molecule has 2 aliphatic heterocycles. The zero-order valence-electron chi connectivity index (χ0n) is 19.2. The maximum Gasteiger partial charge on any atom is 0.0446 e. The fourth-order valence-corrected chi connectivity index (χ4v) is 5.21. The summed E-state index contributed by atoms with van der Waals surface area (Å²) in [5.74, 6) is 0.709. The normalized spacial score (nSPS) is 23.3. The van der Waals surface area contributed by atoms with Gasteiger partial charge >= 0.3 is 0 Å². The molecule has 2 aliphatic rings. The highest BCUT2D eigenvalue weighted by Gasteiger charge is 2.33. The summed E-state index contributed by atoms with van der Waals surface area (Å²) in [6.07, 6.45) is 4.61. The van der Waals surface area contributed by atoms with E-state index in [9.17, 15) is 5.11 Å². The average molecular weight is 402 g/mol. The highest BCUT2D eigenvalue weighted by Crippen LogP contribution is 2.25. The zero-order chi connectivity index (χ0) is 20.8. The molecule has 3 rings (SSSR count). The Bertz CT molecular complexity index is 593. The van der Waals surface area contributed by atoms with E-state index >= 15 is 0 Å². The van der Waals surface area contributed by atoms with Crippen molar-refractivity contribution in [1.29, 1.82) is 0 Å². The Balaban J connectivity index is 1.54. The average Bonchev–Trinajstić information content (AvgIpc) is 2.70. The van der Waals surface area contributed by atoms with Gasteiger partial charge in [-0.2, -0.15) is 0 Å². The molecule has 1 unspecified atom stereocenters. The van der Waals surface area contributed by atoms with Crippen molar-refractivity contribution in [3.05, 3.63) is 35.4 Å². The molecular weight excluding hydrogens is 358 g/mol. The van der Waals surface area contributed by atoms with E-state index in [2.05, 4.69) is 66.7 Å². The van der Waals surface area contributed by atoms with Gasteiger partial charge in [0.2, 0.25) is 0 Å². The number of hydrogen-bond donors (Lipinski definition) is 1. The van der Waals surface area contributed by atoms with Crippen molar-refractivity contribution >= 4 is 0 Å². The Labute approximate surface area is 178 Å². The molecular formula is C25H43N3O. The van der Waals surface area contributed by atoms with E-state index in [0.29, 0.717) is 30.7 Å². The Hall–Kier alpha value is -0.940. The Morgan fingerprint density at radius 3 is 2.17 bits per heavy atom. The molecule has 0 radical (unpaired) electrons. The van der Waals surface area contributed by atoms with Gasteiger partial charge < -0.3 is 10.0 Å². The molecule has 1 atom stereocenters. The highest BCUT2D eigenvalue weighted by molar-refractivity contribution is 5.23. The Kier molecular flexibility index (Phi) is 8.55. The lowest BCUT2D eigenvalue weighted by atomic mass is 9.97. The van der Waals surface area contributed by atoms with Gasteiger partial charge in [0, 0.05) is 50.9 Å². The fourth-order valence-electron chi connectivity index (χ4n) is 5.21. The largest absolute Gasteiger partial charge is 0.396 e. The van der Waals surface area contributed by atoms with E-state index < -0.39 is 0 Å². The summed E-state index contributed by atoms with van der Waals surface area (Å²) in [7, 11) is 0. The van der Waals surface area contributed by atoms with E-state index in [1.165, 1.54) is 37.1 Å². The summed E-state index contributed by atoms with van der Waals surface area (Å²) in [6.45, 7) is 16.3. The van der Waals surface area contributed by atoms with E-state index in [0.717, 1.165) is 39.0 Å². The quantitative estimate of drug-likeness (QED) is 0.720. The van der Waals surface area contributed by atoms with Crippen LogP contribution >= 0.6 is 0 Å². The second kappa shape index (κ2) is 10.9. The van der Waals surface area contributed by atoms with Gasteiger partial charge in [0.1, 0.15) is 0 Å². The first-order valence-corrected chi connectivity index (χ1v) is 11.9. The van der Waals surface area contributed by atoms with Crippen LogP contribution in [0.15, 0.2) is 24.3 Å². The van der Waals surface area contributed by atoms with Crippen molar-refractivity contribution in [3.8, 4) is 0 Å². The number of rotatable bonds is 8. The molecule has 1 aromatic carbocycles. The Morgan fingerprint density at radius 1 is 0.931 bits per heavy atom. The molecule has 1 N–H and O–H groups in total. The zero-order valence-corrected chi connectivity index (χ0v) is 19.2. The van der Waals surface area contributed by atoms with Crippen LogP contribution in [-0.4, -0.2) is 77.3 Å². The van der Waals surface area contributed by atoms with Gasteiger partial charge in [-0.25, -0.2) is 0 Å². The number of hydrogen-bond acceptors (Lipinski definition) is 4. The molecule has 0 aliphatic carbocycles. The van der Waals surface area contributed by atoms with E-state index in [4.69, 9.17) is 0 Å². The minimum atomic E-state index is 0.295. The molecule has 0 saturated carbocycles. The first kappa shape index (κ1) is 22.7. The fraction of sp³-hybridized carbons (Fsp3) is 0.760. The SMILES string of the molecule is CC(C)Cc1ccc(CN2CCN(C3CCN(C(C)C)CC3)C(CCO)C2)cc1. The lowest BCUT2D eigenvalue weighted by molar-refractivity contribution is -0.0000306. The van der Waals surface area contributed by atoms with Crippen LogP contribution < -0.4 is 0 Å². The molecule has 2 saturated heterocycles. The molecule has 2 fully saturated rings. The first-order valence-electron chi connectivity index (χ1n) is 11.9. The van der Waals surface area contributed by atoms with Crippen molar-refractivity contribution in [2.75, 3.05) is 39.3 Å². The van der Waals surface area contributed by atoms with Crippen LogP contribution in [0.3, 0.4) is 0 Å². The van der Waals surface area contributed by atoms with Gasteiger partial charge in [0.25, 0.3) is 0 Å². The van der Waals surface area contributed by atoms with Crippen molar-refractivity contribution in [3.63, 3.8) is 0 Å². The molecule has 164 valence electrons. The second-order valence-corrected chi connectivity index (χ2v) is 9.91. The number of aliphatic hydroxyl groups excluding tert-OH is 1. The third-order valence-electron chi connectivity index (χ3n) is 6.85. The maximum absolute atomic E-state index is 9.67. The van der Waals surface area contributed by atoms with Crippen LogP contribution in [-0.2, 0) is 13.0 Å². The summed E-state index contributed by atoms with van der Waals surface area (Å²) < 4.78 is 0. The summed E-state index contributed by atoms with van der Waals surface area (Å²) >= 11 is 0. The van der Waals surface area contributed by atoms with Crippen LogP contribution in [0.2, 0.25) is 0 Å². The number of likely N-dealkylation sites (tertiary alicyclic amines) is 1. The number of nitrogens with zero attached hydrogens (tertiary/aromatic N) is 3. The minimum absolute atomic E-state index is 0.295. The summed E-state index contributed by atoms with van der Waals surface area (Å²) in [6, 6.07) is 11.1. The molecule has 0 aromatic heterocycles. The van der Waals surface area contributed by atoms with Gasteiger partial charge in [-0.05, 0) is 69.7 Å². The molecule has 0 bridgehead atoms. The van der Waals surface area contributed by atoms with Crippen molar-refractivity contribution in [1.82, 2.24) is 14.7 Å². The molecule has 1 aromatic rings. The number of piperidine rings is 1. The monoisotopic (exact) mass is 401 g/mol. The molecule has 0 spiro atoms. The predicted octanol–water partition coefficient (Wildman–Crippen LogP) is 3.63. The summed E-state index contributed by atoms with van der Waals surface area (Å²) in [5.41, 5.74) is 2.86. The number of benzene rings is 1. The van der Waals surface area contributed by atoms with Crippen LogP contribution in [0.1, 0.15) is 58.1 Å². The molecule has 2 heterocycles. The van der Waals surface area contributed by atoms with Crippen molar-refractivity contribution in [2.24, 2.45) is 5.92 Å². The highest BCUT2D eigenvalue weighted by atomic mass is 16.3. The van der Waals surface area contributed by atoms with E-state index in [1.54, 1.807) is 0 Å². The third-order valence-corrected chi connectivity index (χ3v) is 6.85. The number of aliphatic hydroxyl groups is 1. The van der Waals surface area contributed by atoms with Gasteiger partial charge in [-0.3, -0.25) is 9.80 Å². The Morgan fingerprint density at radius 2 is 1.59 bits per heavy atom. The predicted molar refractivity (Wildman–Crippen MR) is 122 cm³/mol. The maximum atomic E-state index is 9.67. The van der Waals surface area contributed by atoms with Gasteiger partial charge in [0.15, 0.2) is 0 Å². The lowest BCUT2D eigenvalue weighted by Gasteiger charge is -2.48. The minimum Gasteiger partial charge on any atom is -0.396 e. The van der Waals surface area contributed by atoms with E-state index in [1.807, 2.05) is 0 Å². The molecule has 29 heavy (non-hydrogen) atoms. The van der Waals surface area contributed by atoms with Crippen LogP contribution in [0.25, 0.3) is 0 Å². The van der Waals surface area contributed by atoms with Crippen LogP contribution in [0.5, 0.6) is 0 Å². The first-order chi connectivity index (χ1) is 14.0. The van der Waals surface area contributed by atoms with Gasteiger partial charge in [-0.1, -0.05) is 38.1 Å². The summed E-state index contributed by atoms with van der Waals surface area (Å²) in [4.78, 5) is 7.93. The molecule has 4 nitrogen and oxygen atoms in total. The van der Waals surface area contributed by atoms with Gasteiger partial charge in [-0.15, -0.1) is 0 Å². The van der Waals surface area contributed by atoms with Crippen molar-refractivity contribution < 1.29 is 5.11 Å². The second-order valence-electron chi connectivity index (χ2n) is 9.91. The molecule has 0 amide bonds. The topological polar surface area (TPSA) is 30.0 Å². The lowest BCUT2D eigenvalue weighted by Crippen LogP contribution is -2.58. The van der Waals surface area contributed by atoms with Gasteiger partial charge in [0.05, 0.1) is 0 Å². The molecule has 4 heteroatoms. The van der Waals surface area contributed by atoms with Crippen LogP contribution in [0, 0.1) is 5.92 Å². The third kappa shape index (κ3) is 6.52. The smallest absolute Gasteiger partial charge is 0.0446 e. The van der Waals surface area contributed by atoms with E-state index in [-0.39, 0.29) is 0 Å². The summed E-state index contributed by atoms with van der Waals surface area (Å²) in [5, 5.41) is 9.67. The van der Waals surface area contributed by atoms with Crippen molar-refractivity contribution in [2.45, 2.75) is 78.0 Å². The standard InChI is InChI=1S/C25H43N3O/c1-20(2)17-22-5-7-23(8-6-22)18-26-14-15-28(25(19-26)11-16-29)24-9-12-27(13-10-24)21(3)4/h5-8,20-21,24-25,29H,9-19H2,1-4H3. The number of piperazine rings is 1.